The Kier molecular flexibility index (Phi) is 6.24. The molecule has 2 aliphatic heterocycles. The molecule has 72 valence electrons. The Labute approximate surface area is 87.8 Å². The van der Waals surface area contributed by atoms with Crippen LogP contribution in [0, 0.1) is 0 Å². The third-order valence-corrected chi connectivity index (χ3v) is 1.78. The molecule has 0 aromatic carbocycles. The van der Waals surface area contributed by atoms with Gasteiger partial charge in [-0.15, -0.1) is 0 Å². The molecule has 0 atom stereocenters. The van der Waals surface area contributed by atoms with Crippen LogP contribution in [0.3, 0.4) is 0 Å². The largest absolute Gasteiger partial charge is 0.270 e. The molecule has 0 saturated heterocycles. The van der Waals surface area contributed by atoms with Gasteiger partial charge in [0.15, 0.2) is 0 Å². The maximum absolute atomic E-state index is 3.87. The first-order valence-electron chi connectivity index (χ1n) is 4.14. The third-order valence-electron chi connectivity index (χ3n) is 1.22. The van der Waals surface area contributed by atoms with Crippen molar-refractivity contribution in [2.24, 2.45) is 15.0 Å². The van der Waals surface area contributed by atoms with Crippen molar-refractivity contribution in [1.29, 1.82) is 0 Å². The van der Waals surface area contributed by atoms with E-state index < -0.39 is 0 Å². The molecular formula is C10H11N3S. The summed E-state index contributed by atoms with van der Waals surface area (Å²) >= 11 is 1.58. The highest BCUT2D eigenvalue weighted by Crippen LogP contribution is 1.99. The molecule has 2 rings (SSSR count). The van der Waals surface area contributed by atoms with Crippen LogP contribution in [0.15, 0.2) is 50.9 Å². The maximum atomic E-state index is 3.87. The molecule has 4 heteroatoms. The zero-order chi connectivity index (χ0) is 9.90. The van der Waals surface area contributed by atoms with Crippen molar-refractivity contribution in [1.82, 2.24) is 0 Å². The van der Waals surface area contributed by atoms with Crippen molar-refractivity contribution in [3.05, 3.63) is 35.9 Å². The second-order valence-corrected chi connectivity index (χ2v) is 3.01. The van der Waals surface area contributed by atoms with Crippen LogP contribution in [-0.4, -0.2) is 24.6 Å². The van der Waals surface area contributed by atoms with E-state index in [1.807, 2.05) is 29.7 Å². The zero-order valence-corrected chi connectivity index (χ0v) is 8.47. The number of nitrogens with zero attached hydrogens (tertiary/aromatic N) is 3. The van der Waals surface area contributed by atoms with E-state index in [4.69, 9.17) is 0 Å². The first kappa shape index (κ1) is 10.7. The standard InChI is InChI=1S/C5H6N2.C5H5NS/c2*1-2-4-7-5-6-3-1/h1-4H,5H2;1-5H. The van der Waals surface area contributed by atoms with Crippen LogP contribution in [0.25, 0.3) is 0 Å². The number of thioether (sulfide) groups is 1. The summed E-state index contributed by atoms with van der Waals surface area (Å²) in [4.78, 5) is 11.6. The lowest BCUT2D eigenvalue weighted by Crippen LogP contribution is -1.67. The van der Waals surface area contributed by atoms with Gasteiger partial charge in [-0.05, 0) is 23.6 Å². The summed E-state index contributed by atoms with van der Waals surface area (Å²) in [7, 11) is 0. The molecule has 0 spiro atoms. The summed E-state index contributed by atoms with van der Waals surface area (Å²) in [5, 5.41) is 1.98. The van der Waals surface area contributed by atoms with Gasteiger partial charge in [-0.25, -0.2) is 0 Å². The highest BCUT2D eigenvalue weighted by Gasteiger charge is 1.72. The Morgan fingerprint density at radius 3 is 2.50 bits per heavy atom. The van der Waals surface area contributed by atoms with Gasteiger partial charge in [0.25, 0.3) is 0 Å². The fraction of sp³-hybridized carbons (Fsp3) is 0.100. The average Bonchev–Trinajstić information content (AvgIpc) is 2.68. The van der Waals surface area contributed by atoms with Gasteiger partial charge in [0.2, 0.25) is 0 Å². The molecule has 0 radical (unpaired) electrons. The van der Waals surface area contributed by atoms with E-state index in [9.17, 15) is 0 Å². The fourth-order valence-electron chi connectivity index (χ4n) is 0.658. The molecule has 0 unspecified atom stereocenters. The molecule has 3 nitrogen and oxygen atoms in total. The number of allylic oxidation sites excluding steroid dienone is 4. The van der Waals surface area contributed by atoms with E-state index in [-0.39, 0.29) is 0 Å². The molecule has 0 fully saturated rings. The van der Waals surface area contributed by atoms with Crippen LogP contribution in [0.2, 0.25) is 0 Å². The van der Waals surface area contributed by atoms with Crippen molar-refractivity contribution in [3.63, 3.8) is 0 Å². The average molecular weight is 205 g/mol. The lowest BCUT2D eigenvalue weighted by Gasteiger charge is -1.72. The highest BCUT2D eigenvalue weighted by molar-refractivity contribution is 8.14. The summed E-state index contributed by atoms with van der Waals surface area (Å²) in [6.45, 7) is 0.576. The fourth-order valence-corrected chi connectivity index (χ4v) is 1.05. The van der Waals surface area contributed by atoms with E-state index in [0.29, 0.717) is 6.67 Å². The molecule has 0 N–H and O–H groups in total. The molecule has 14 heavy (non-hydrogen) atoms. The summed E-state index contributed by atoms with van der Waals surface area (Å²) in [6, 6.07) is 0. The SMILES string of the molecule is C1=CC=NCN=C1.C1=CN=CSC=C1. The van der Waals surface area contributed by atoms with E-state index in [1.54, 1.807) is 35.9 Å². The van der Waals surface area contributed by atoms with Crippen molar-refractivity contribution in [2.45, 2.75) is 0 Å². The lowest BCUT2D eigenvalue weighted by molar-refractivity contribution is 1.09. The Balaban J connectivity index is 0.000000140. The summed E-state index contributed by atoms with van der Waals surface area (Å²) in [6.07, 6.45) is 12.8. The van der Waals surface area contributed by atoms with Gasteiger partial charge in [-0.3, -0.25) is 15.0 Å². The predicted molar refractivity (Wildman–Crippen MR) is 65.4 cm³/mol. The minimum Gasteiger partial charge on any atom is -0.270 e. The van der Waals surface area contributed by atoms with E-state index in [0.717, 1.165) is 0 Å². The smallest absolute Gasteiger partial charge is 0.129 e. The summed E-state index contributed by atoms with van der Waals surface area (Å²) < 4.78 is 0. The van der Waals surface area contributed by atoms with Gasteiger partial charge < -0.3 is 0 Å². The predicted octanol–water partition coefficient (Wildman–Crippen LogP) is 2.44. The number of rotatable bonds is 0. The minimum absolute atomic E-state index is 0.576. The van der Waals surface area contributed by atoms with E-state index in [1.165, 1.54) is 0 Å². The van der Waals surface area contributed by atoms with Gasteiger partial charge in [0.1, 0.15) is 6.67 Å². The first-order chi connectivity index (χ1) is 7.00. The molecule has 0 saturated carbocycles. The Bertz CT molecular complexity index is 251. The van der Waals surface area contributed by atoms with Gasteiger partial charge in [0, 0.05) is 18.6 Å². The van der Waals surface area contributed by atoms with Crippen molar-refractivity contribution < 1.29 is 0 Å². The quantitative estimate of drug-likeness (QED) is 0.598. The van der Waals surface area contributed by atoms with Crippen molar-refractivity contribution in [3.8, 4) is 0 Å². The topological polar surface area (TPSA) is 37.1 Å². The monoisotopic (exact) mass is 205 g/mol. The zero-order valence-electron chi connectivity index (χ0n) is 7.65. The summed E-state index contributed by atoms with van der Waals surface area (Å²) in [5.41, 5.74) is 1.79. The van der Waals surface area contributed by atoms with Crippen LogP contribution in [0.5, 0.6) is 0 Å². The normalized spacial score (nSPS) is 17.1. The molecule has 0 bridgehead atoms. The van der Waals surface area contributed by atoms with Crippen LogP contribution in [0.4, 0.5) is 0 Å². The summed E-state index contributed by atoms with van der Waals surface area (Å²) in [5.74, 6) is 0. The molecule has 0 aromatic rings. The Morgan fingerprint density at radius 1 is 0.929 bits per heavy atom. The lowest BCUT2D eigenvalue weighted by atomic mass is 10.5. The second-order valence-electron chi connectivity index (χ2n) is 2.25. The van der Waals surface area contributed by atoms with E-state index >= 15 is 0 Å². The minimum atomic E-state index is 0.576. The van der Waals surface area contributed by atoms with Crippen LogP contribution < -0.4 is 0 Å². The van der Waals surface area contributed by atoms with Crippen molar-refractivity contribution in [2.75, 3.05) is 6.67 Å². The van der Waals surface area contributed by atoms with Crippen molar-refractivity contribution >= 4 is 29.7 Å². The number of hydrogen-bond donors (Lipinski definition) is 0. The second kappa shape index (κ2) is 8.19. The Hall–Kier alpha value is -1.42. The highest BCUT2D eigenvalue weighted by atomic mass is 32.2. The van der Waals surface area contributed by atoms with Crippen LogP contribution >= 0.6 is 11.8 Å². The molecule has 2 aliphatic rings. The van der Waals surface area contributed by atoms with Gasteiger partial charge in [0.05, 0.1) is 5.55 Å². The molecule has 2 heterocycles. The van der Waals surface area contributed by atoms with Crippen LogP contribution in [-0.2, 0) is 0 Å². The molecule has 0 aromatic heterocycles. The first-order valence-corrected chi connectivity index (χ1v) is 5.08. The number of aliphatic imine (C=N–C) groups is 3. The van der Waals surface area contributed by atoms with E-state index in [2.05, 4.69) is 15.0 Å². The molecular weight excluding hydrogens is 194 g/mol. The maximum Gasteiger partial charge on any atom is 0.129 e. The van der Waals surface area contributed by atoms with Gasteiger partial charge in [-0.2, -0.15) is 0 Å². The third kappa shape index (κ3) is 6.14. The van der Waals surface area contributed by atoms with Gasteiger partial charge >= 0.3 is 0 Å². The molecule has 0 aliphatic carbocycles. The Morgan fingerprint density at radius 2 is 1.71 bits per heavy atom. The van der Waals surface area contributed by atoms with Crippen LogP contribution in [0.1, 0.15) is 0 Å². The number of hydrogen-bond acceptors (Lipinski definition) is 4. The molecule has 0 amide bonds. The van der Waals surface area contributed by atoms with Gasteiger partial charge in [-0.1, -0.05) is 17.8 Å².